The van der Waals surface area contributed by atoms with Crippen molar-refractivity contribution in [2.24, 2.45) is 0 Å². The van der Waals surface area contributed by atoms with E-state index >= 15 is 0 Å². The van der Waals surface area contributed by atoms with Crippen molar-refractivity contribution in [1.29, 1.82) is 0 Å². The summed E-state index contributed by atoms with van der Waals surface area (Å²) in [6.45, 7) is 8.68. The molecule has 1 aliphatic heterocycles. The van der Waals surface area contributed by atoms with E-state index in [1.807, 2.05) is 0 Å². The van der Waals surface area contributed by atoms with Gasteiger partial charge in [-0.2, -0.15) is 5.06 Å². The van der Waals surface area contributed by atoms with Crippen molar-refractivity contribution in [3.63, 3.8) is 0 Å². The fourth-order valence-electron chi connectivity index (χ4n) is 2.42. The molecule has 1 heterocycles. The van der Waals surface area contributed by atoms with Gasteiger partial charge in [-0.25, -0.2) is 4.79 Å². The highest BCUT2D eigenvalue weighted by atomic mass is 16.6. The molecule has 0 aromatic carbocycles. The third-order valence-corrected chi connectivity index (χ3v) is 3.42. The van der Waals surface area contributed by atoms with Crippen molar-refractivity contribution in [3.8, 4) is 0 Å². The molecular weight excluding hydrogens is 210 g/mol. The molecule has 1 fully saturated rings. The standard InChI is InChI=1S/C11H21NO4/c1-6-16-8(13)11(14)7-9(2,3)12(15)10(11,4)5/h14-15H,6-7H2,1-5H3. The van der Waals surface area contributed by atoms with Crippen LogP contribution in [0, 0.1) is 0 Å². The first-order valence-electron chi connectivity index (χ1n) is 5.48. The minimum absolute atomic E-state index is 0.141. The zero-order valence-electron chi connectivity index (χ0n) is 10.6. The van der Waals surface area contributed by atoms with Gasteiger partial charge in [-0.05, 0) is 34.6 Å². The number of hydrogen-bond donors (Lipinski definition) is 2. The molecule has 16 heavy (non-hydrogen) atoms. The Morgan fingerprint density at radius 3 is 2.19 bits per heavy atom. The molecule has 1 aliphatic rings. The number of carbonyl (C=O) groups is 1. The molecule has 94 valence electrons. The maximum Gasteiger partial charge on any atom is 0.340 e. The van der Waals surface area contributed by atoms with Crippen LogP contribution >= 0.6 is 0 Å². The van der Waals surface area contributed by atoms with E-state index < -0.39 is 22.6 Å². The molecule has 1 atom stereocenters. The fourth-order valence-corrected chi connectivity index (χ4v) is 2.42. The second-order valence-electron chi connectivity index (χ2n) is 5.44. The molecule has 0 spiro atoms. The fraction of sp³-hybridized carbons (Fsp3) is 0.909. The molecule has 2 N–H and O–H groups in total. The van der Waals surface area contributed by atoms with Gasteiger partial charge in [0, 0.05) is 12.0 Å². The Kier molecular flexibility index (Phi) is 3.09. The third kappa shape index (κ3) is 1.63. The van der Waals surface area contributed by atoms with Gasteiger partial charge in [-0.1, -0.05) is 0 Å². The first-order chi connectivity index (χ1) is 7.09. The average molecular weight is 231 g/mol. The van der Waals surface area contributed by atoms with Crippen molar-refractivity contribution < 1.29 is 19.8 Å². The molecular formula is C11H21NO4. The van der Waals surface area contributed by atoms with Crippen LogP contribution in [0.2, 0.25) is 0 Å². The van der Waals surface area contributed by atoms with Crippen LogP contribution in [0.3, 0.4) is 0 Å². The lowest BCUT2D eigenvalue weighted by Gasteiger charge is -2.38. The van der Waals surface area contributed by atoms with E-state index in [0.717, 1.165) is 5.06 Å². The van der Waals surface area contributed by atoms with E-state index in [2.05, 4.69) is 0 Å². The highest BCUT2D eigenvalue weighted by Crippen LogP contribution is 2.46. The molecule has 0 bridgehead atoms. The van der Waals surface area contributed by atoms with E-state index in [9.17, 15) is 15.1 Å². The first-order valence-corrected chi connectivity index (χ1v) is 5.48. The van der Waals surface area contributed by atoms with Gasteiger partial charge in [0.15, 0.2) is 5.60 Å². The summed E-state index contributed by atoms with van der Waals surface area (Å²) < 4.78 is 4.88. The summed E-state index contributed by atoms with van der Waals surface area (Å²) in [5, 5.41) is 21.5. The Morgan fingerprint density at radius 1 is 1.38 bits per heavy atom. The van der Waals surface area contributed by atoms with Gasteiger partial charge in [-0.15, -0.1) is 0 Å². The van der Waals surface area contributed by atoms with Gasteiger partial charge in [0.25, 0.3) is 0 Å². The van der Waals surface area contributed by atoms with Gasteiger partial charge in [0.05, 0.1) is 12.1 Å². The molecule has 0 radical (unpaired) electrons. The van der Waals surface area contributed by atoms with Gasteiger partial charge >= 0.3 is 5.97 Å². The third-order valence-electron chi connectivity index (χ3n) is 3.42. The van der Waals surface area contributed by atoms with Gasteiger partial charge < -0.3 is 15.1 Å². The number of esters is 1. The quantitative estimate of drug-likeness (QED) is 0.692. The number of hydroxylamine groups is 2. The number of ether oxygens (including phenoxy) is 1. The molecule has 0 saturated carbocycles. The number of rotatable bonds is 2. The topological polar surface area (TPSA) is 70.0 Å². The van der Waals surface area contributed by atoms with Crippen LogP contribution in [0.5, 0.6) is 0 Å². The molecule has 0 amide bonds. The Hall–Kier alpha value is -0.650. The van der Waals surface area contributed by atoms with Gasteiger partial charge in [0.2, 0.25) is 0 Å². The monoisotopic (exact) mass is 231 g/mol. The van der Waals surface area contributed by atoms with E-state index in [1.54, 1.807) is 34.6 Å². The lowest BCUT2D eigenvalue weighted by atomic mass is 9.82. The lowest BCUT2D eigenvalue weighted by Crippen LogP contribution is -2.58. The second-order valence-corrected chi connectivity index (χ2v) is 5.44. The van der Waals surface area contributed by atoms with Crippen LogP contribution in [0.4, 0.5) is 0 Å². The minimum Gasteiger partial charge on any atom is -0.464 e. The van der Waals surface area contributed by atoms with Crippen LogP contribution in [-0.4, -0.2) is 44.6 Å². The van der Waals surface area contributed by atoms with Crippen molar-refractivity contribution in [2.45, 2.75) is 57.7 Å². The normalized spacial score (nSPS) is 32.7. The van der Waals surface area contributed by atoms with Crippen molar-refractivity contribution in [2.75, 3.05) is 6.61 Å². The zero-order valence-corrected chi connectivity index (χ0v) is 10.6. The number of aliphatic hydroxyl groups is 1. The molecule has 5 heteroatoms. The van der Waals surface area contributed by atoms with Crippen LogP contribution in [0.25, 0.3) is 0 Å². The Morgan fingerprint density at radius 2 is 1.88 bits per heavy atom. The second kappa shape index (κ2) is 3.68. The van der Waals surface area contributed by atoms with Crippen LogP contribution < -0.4 is 0 Å². The predicted octanol–water partition coefficient (Wildman–Crippen LogP) is 0.933. The summed E-state index contributed by atoms with van der Waals surface area (Å²) >= 11 is 0. The lowest BCUT2D eigenvalue weighted by molar-refractivity contribution is -0.220. The van der Waals surface area contributed by atoms with E-state index in [0.29, 0.717) is 0 Å². The molecule has 1 unspecified atom stereocenters. The Balaban J connectivity index is 3.10. The smallest absolute Gasteiger partial charge is 0.340 e. The predicted molar refractivity (Wildman–Crippen MR) is 58.0 cm³/mol. The first kappa shape index (κ1) is 13.4. The summed E-state index contributed by atoms with van der Waals surface area (Å²) in [7, 11) is 0. The van der Waals surface area contributed by atoms with Gasteiger partial charge in [-0.3, -0.25) is 0 Å². The van der Waals surface area contributed by atoms with E-state index in [4.69, 9.17) is 4.74 Å². The zero-order chi connectivity index (χ0) is 12.8. The summed E-state index contributed by atoms with van der Waals surface area (Å²) in [4.78, 5) is 11.8. The Labute approximate surface area is 96.0 Å². The van der Waals surface area contributed by atoms with Crippen LogP contribution in [0.1, 0.15) is 41.0 Å². The number of nitrogens with zero attached hydrogens (tertiary/aromatic N) is 1. The summed E-state index contributed by atoms with van der Waals surface area (Å²) in [5.74, 6) is -0.676. The van der Waals surface area contributed by atoms with Crippen LogP contribution in [0.15, 0.2) is 0 Å². The van der Waals surface area contributed by atoms with Crippen molar-refractivity contribution >= 4 is 5.97 Å². The Bertz CT molecular complexity index is 300. The SMILES string of the molecule is CCOC(=O)C1(O)CC(C)(C)N(O)C1(C)C. The van der Waals surface area contributed by atoms with Crippen LogP contribution in [-0.2, 0) is 9.53 Å². The molecule has 0 aromatic rings. The van der Waals surface area contributed by atoms with Crippen molar-refractivity contribution in [1.82, 2.24) is 5.06 Å². The van der Waals surface area contributed by atoms with Crippen molar-refractivity contribution in [3.05, 3.63) is 0 Å². The largest absolute Gasteiger partial charge is 0.464 e. The molecule has 1 rings (SSSR count). The van der Waals surface area contributed by atoms with E-state index in [-0.39, 0.29) is 13.0 Å². The maximum atomic E-state index is 11.8. The summed E-state index contributed by atoms with van der Waals surface area (Å²) in [6.07, 6.45) is 0.141. The number of hydrogen-bond acceptors (Lipinski definition) is 5. The highest BCUT2D eigenvalue weighted by Gasteiger charge is 2.65. The van der Waals surface area contributed by atoms with Gasteiger partial charge in [0.1, 0.15) is 0 Å². The molecule has 1 saturated heterocycles. The summed E-state index contributed by atoms with van der Waals surface area (Å²) in [6, 6.07) is 0. The maximum absolute atomic E-state index is 11.8. The summed E-state index contributed by atoms with van der Waals surface area (Å²) in [5.41, 5.74) is -3.41. The molecule has 0 aliphatic carbocycles. The average Bonchev–Trinajstić information content (AvgIpc) is 2.26. The molecule has 0 aromatic heterocycles. The number of carbonyl (C=O) groups excluding carboxylic acids is 1. The van der Waals surface area contributed by atoms with E-state index in [1.165, 1.54) is 0 Å². The highest BCUT2D eigenvalue weighted by molar-refractivity contribution is 5.82. The minimum atomic E-state index is -1.68. The molecule has 5 nitrogen and oxygen atoms in total.